The summed E-state index contributed by atoms with van der Waals surface area (Å²) in [5.41, 5.74) is 2.21. The normalized spacial score (nSPS) is 18.5. The molecule has 0 saturated heterocycles. The first-order valence-electron chi connectivity index (χ1n) is 5.56. The zero-order valence-corrected chi connectivity index (χ0v) is 11.2. The van der Waals surface area contributed by atoms with Gasteiger partial charge in [0.2, 0.25) is 0 Å². The molecule has 0 aromatic heterocycles. The third kappa shape index (κ3) is 2.72. The number of nitrogens with zero attached hydrogens (tertiary/aromatic N) is 1. The van der Waals surface area contributed by atoms with Crippen LogP contribution in [0, 0.1) is 0 Å². The summed E-state index contributed by atoms with van der Waals surface area (Å²) in [6.45, 7) is 0.785. The SMILES string of the molecule is CN1c2ccc(Br)cc2NCC1CCC(=O)O. The summed E-state index contributed by atoms with van der Waals surface area (Å²) < 4.78 is 1.04. The summed E-state index contributed by atoms with van der Waals surface area (Å²) in [4.78, 5) is 12.7. The van der Waals surface area contributed by atoms with Crippen LogP contribution in [-0.2, 0) is 4.79 Å². The Bertz CT molecular complexity index is 437. The Labute approximate surface area is 109 Å². The first-order valence-corrected chi connectivity index (χ1v) is 6.35. The molecule has 0 amide bonds. The van der Waals surface area contributed by atoms with Crippen molar-refractivity contribution in [3.8, 4) is 0 Å². The van der Waals surface area contributed by atoms with Crippen molar-refractivity contribution in [1.82, 2.24) is 0 Å². The Kier molecular flexibility index (Phi) is 3.57. The topological polar surface area (TPSA) is 52.6 Å². The maximum absolute atomic E-state index is 10.6. The van der Waals surface area contributed by atoms with Crippen molar-refractivity contribution in [2.75, 3.05) is 23.8 Å². The van der Waals surface area contributed by atoms with E-state index in [-0.39, 0.29) is 12.5 Å². The molecule has 2 rings (SSSR count). The van der Waals surface area contributed by atoms with Gasteiger partial charge in [-0.05, 0) is 24.6 Å². The molecule has 0 aliphatic carbocycles. The molecule has 1 aromatic rings. The van der Waals surface area contributed by atoms with Crippen molar-refractivity contribution in [3.63, 3.8) is 0 Å². The number of aliphatic carboxylic acids is 1. The van der Waals surface area contributed by atoms with Gasteiger partial charge in [0, 0.05) is 30.5 Å². The minimum absolute atomic E-state index is 0.211. The number of carbonyl (C=O) groups is 1. The standard InChI is InChI=1S/C12H15BrN2O2/c1-15-9(3-5-12(16)17)7-14-10-6-8(13)2-4-11(10)15/h2,4,6,9,14H,3,5,7H2,1H3,(H,16,17). The average Bonchev–Trinajstić information content (AvgIpc) is 2.27. The molecule has 5 heteroatoms. The molecule has 1 aromatic carbocycles. The number of halogens is 1. The average molecular weight is 299 g/mol. The Balaban J connectivity index is 2.12. The summed E-state index contributed by atoms with van der Waals surface area (Å²) in [6.07, 6.45) is 0.872. The first-order chi connectivity index (χ1) is 8.08. The van der Waals surface area contributed by atoms with E-state index in [0.29, 0.717) is 6.42 Å². The zero-order chi connectivity index (χ0) is 12.4. The van der Waals surface area contributed by atoms with E-state index in [2.05, 4.69) is 26.1 Å². The lowest BCUT2D eigenvalue weighted by Crippen LogP contribution is -2.41. The van der Waals surface area contributed by atoms with Crippen LogP contribution < -0.4 is 10.2 Å². The highest BCUT2D eigenvalue weighted by Crippen LogP contribution is 2.33. The maximum Gasteiger partial charge on any atom is 0.303 e. The third-order valence-electron chi connectivity index (χ3n) is 3.11. The number of benzene rings is 1. The summed E-state index contributed by atoms with van der Waals surface area (Å²) in [5.74, 6) is -0.736. The molecular weight excluding hydrogens is 284 g/mol. The molecule has 92 valence electrons. The predicted molar refractivity (Wildman–Crippen MR) is 71.7 cm³/mol. The van der Waals surface area contributed by atoms with Crippen molar-refractivity contribution in [2.24, 2.45) is 0 Å². The number of carboxylic acid groups (broad SMARTS) is 1. The highest BCUT2D eigenvalue weighted by atomic mass is 79.9. The van der Waals surface area contributed by atoms with Gasteiger partial charge in [-0.1, -0.05) is 15.9 Å². The van der Waals surface area contributed by atoms with Gasteiger partial charge in [0.05, 0.1) is 11.4 Å². The summed E-state index contributed by atoms with van der Waals surface area (Å²) in [7, 11) is 2.01. The Hall–Kier alpha value is -1.23. The van der Waals surface area contributed by atoms with Crippen molar-refractivity contribution < 1.29 is 9.90 Å². The van der Waals surface area contributed by atoms with Gasteiger partial charge in [-0.25, -0.2) is 0 Å². The van der Waals surface area contributed by atoms with E-state index in [4.69, 9.17) is 5.11 Å². The molecule has 1 aliphatic rings. The monoisotopic (exact) mass is 298 g/mol. The number of hydrogen-bond donors (Lipinski definition) is 2. The van der Waals surface area contributed by atoms with Crippen LogP contribution >= 0.6 is 15.9 Å². The second-order valence-electron chi connectivity index (χ2n) is 4.24. The fourth-order valence-electron chi connectivity index (χ4n) is 2.10. The molecule has 4 nitrogen and oxygen atoms in total. The molecule has 2 N–H and O–H groups in total. The van der Waals surface area contributed by atoms with Crippen LogP contribution in [0.4, 0.5) is 11.4 Å². The maximum atomic E-state index is 10.6. The van der Waals surface area contributed by atoms with E-state index in [1.54, 1.807) is 0 Å². The largest absolute Gasteiger partial charge is 0.481 e. The highest BCUT2D eigenvalue weighted by Gasteiger charge is 2.23. The highest BCUT2D eigenvalue weighted by molar-refractivity contribution is 9.10. The summed E-state index contributed by atoms with van der Waals surface area (Å²) >= 11 is 3.44. The van der Waals surface area contributed by atoms with Crippen LogP contribution in [0.2, 0.25) is 0 Å². The molecule has 1 atom stereocenters. The van der Waals surface area contributed by atoms with E-state index in [0.717, 1.165) is 22.4 Å². The smallest absolute Gasteiger partial charge is 0.303 e. The van der Waals surface area contributed by atoms with Crippen LogP contribution in [0.15, 0.2) is 22.7 Å². The van der Waals surface area contributed by atoms with Gasteiger partial charge in [0.25, 0.3) is 0 Å². The molecule has 17 heavy (non-hydrogen) atoms. The minimum atomic E-state index is -0.736. The Morgan fingerprint density at radius 2 is 2.41 bits per heavy atom. The molecular formula is C12H15BrN2O2. The molecule has 0 fully saturated rings. The number of anilines is 2. The Morgan fingerprint density at radius 1 is 1.65 bits per heavy atom. The lowest BCUT2D eigenvalue weighted by molar-refractivity contribution is -0.137. The summed E-state index contributed by atoms with van der Waals surface area (Å²) in [5, 5.41) is 12.1. The number of carboxylic acids is 1. The molecule has 1 heterocycles. The lowest BCUT2D eigenvalue weighted by atomic mass is 10.1. The van der Waals surface area contributed by atoms with Gasteiger partial charge in [0.1, 0.15) is 0 Å². The number of fused-ring (bicyclic) bond motifs is 1. The quantitative estimate of drug-likeness (QED) is 0.900. The zero-order valence-electron chi connectivity index (χ0n) is 9.61. The molecule has 1 unspecified atom stereocenters. The molecule has 1 aliphatic heterocycles. The van der Waals surface area contributed by atoms with Crippen LogP contribution in [0.1, 0.15) is 12.8 Å². The number of nitrogens with one attached hydrogen (secondary N) is 1. The number of hydrogen-bond acceptors (Lipinski definition) is 3. The van der Waals surface area contributed by atoms with Gasteiger partial charge in [-0.3, -0.25) is 4.79 Å². The van der Waals surface area contributed by atoms with Crippen molar-refractivity contribution >= 4 is 33.3 Å². The van der Waals surface area contributed by atoms with Crippen LogP contribution in [0.25, 0.3) is 0 Å². The van der Waals surface area contributed by atoms with Crippen LogP contribution in [0.3, 0.4) is 0 Å². The third-order valence-corrected chi connectivity index (χ3v) is 3.60. The van der Waals surface area contributed by atoms with Gasteiger partial charge >= 0.3 is 5.97 Å². The van der Waals surface area contributed by atoms with Crippen molar-refractivity contribution in [1.29, 1.82) is 0 Å². The molecule has 0 spiro atoms. The minimum Gasteiger partial charge on any atom is -0.481 e. The Morgan fingerprint density at radius 3 is 3.12 bits per heavy atom. The van der Waals surface area contributed by atoms with Crippen LogP contribution in [0.5, 0.6) is 0 Å². The molecule has 0 bridgehead atoms. The number of likely N-dealkylation sites (N-methyl/N-ethyl adjacent to an activating group) is 1. The van der Waals surface area contributed by atoms with E-state index < -0.39 is 5.97 Å². The second-order valence-corrected chi connectivity index (χ2v) is 5.16. The van der Waals surface area contributed by atoms with Crippen molar-refractivity contribution in [3.05, 3.63) is 22.7 Å². The van der Waals surface area contributed by atoms with Crippen LogP contribution in [-0.4, -0.2) is 30.7 Å². The number of rotatable bonds is 3. The first kappa shape index (κ1) is 12.2. The molecule has 0 saturated carbocycles. The van der Waals surface area contributed by atoms with Gasteiger partial charge in [-0.2, -0.15) is 0 Å². The molecule has 0 radical (unpaired) electrons. The van der Waals surface area contributed by atoms with Crippen molar-refractivity contribution in [2.45, 2.75) is 18.9 Å². The van der Waals surface area contributed by atoms with Gasteiger partial charge in [0.15, 0.2) is 0 Å². The van der Waals surface area contributed by atoms with E-state index in [1.807, 2.05) is 25.2 Å². The van der Waals surface area contributed by atoms with E-state index in [1.165, 1.54) is 0 Å². The predicted octanol–water partition coefficient (Wildman–Crippen LogP) is 2.54. The summed E-state index contributed by atoms with van der Waals surface area (Å²) in [6, 6.07) is 6.31. The van der Waals surface area contributed by atoms with Gasteiger partial charge in [-0.15, -0.1) is 0 Å². The lowest BCUT2D eigenvalue weighted by Gasteiger charge is -2.36. The fraction of sp³-hybridized carbons (Fsp3) is 0.417. The second kappa shape index (κ2) is 4.96. The van der Waals surface area contributed by atoms with Gasteiger partial charge < -0.3 is 15.3 Å². The van der Waals surface area contributed by atoms with E-state index >= 15 is 0 Å². The van der Waals surface area contributed by atoms with E-state index in [9.17, 15) is 4.79 Å². The fourth-order valence-corrected chi connectivity index (χ4v) is 2.47.